The first-order valence-electron chi connectivity index (χ1n) is 7.40. The van der Waals surface area contributed by atoms with Gasteiger partial charge in [-0.2, -0.15) is 0 Å². The molecule has 0 aromatic heterocycles. The molecule has 1 saturated heterocycles. The van der Waals surface area contributed by atoms with Crippen molar-refractivity contribution in [1.29, 1.82) is 0 Å². The Morgan fingerprint density at radius 1 is 1.14 bits per heavy atom. The van der Waals surface area contributed by atoms with Crippen molar-refractivity contribution in [3.05, 3.63) is 24.3 Å². The highest BCUT2D eigenvalue weighted by molar-refractivity contribution is 5.51. The van der Waals surface area contributed by atoms with Crippen LogP contribution in [0.4, 0.5) is 5.69 Å². The van der Waals surface area contributed by atoms with Gasteiger partial charge in [0.15, 0.2) is 0 Å². The number of aliphatic hydroxyl groups is 2. The molecule has 1 aliphatic heterocycles. The largest absolute Gasteiger partial charge is 0.489 e. The van der Waals surface area contributed by atoms with E-state index in [1.165, 1.54) is 0 Å². The zero-order chi connectivity index (χ0) is 15.1. The SMILES string of the molecule is Nc1ccccc1OCC(O)CN1CCN(CCO)CC1. The fraction of sp³-hybridized carbons (Fsp3) is 0.600. The van der Waals surface area contributed by atoms with Crippen molar-refractivity contribution in [3.63, 3.8) is 0 Å². The Hall–Kier alpha value is -1.34. The van der Waals surface area contributed by atoms with Crippen molar-refractivity contribution in [2.45, 2.75) is 6.10 Å². The van der Waals surface area contributed by atoms with E-state index in [0.29, 0.717) is 18.0 Å². The van der Waals surface area contributed by atoms with Gasteiger partial charge in [-0.25, -0.2) is 0 Å². The van der Waals surface area contributed by atoms with Gasteiger partial charge in [-0.3, -0.25) is 9.80 Å². The highest BCUT2D eigenvalue weighted by atomic mass is 16.5. The van der Waals surface area contributed by atoms with E-state index in [4.69, 9.17) is 15.6 Å². The minimum Gasteiger partial charge on any atom is -0.489 e. The molecule has 0 amide bonds. The molecule has 6 heteroatoms. The summed E-state index contributed by atoms with van der Waals surface area (Å²) >= 11 is 0. The number of hydrogen-bond donors (Lipinski definition) is 3. The van der Waals surface area contributed by atoms with Crippen molar-refractivity contribution < 1.29 is 14.9 Å². The maximum Gasteiger partial charge on any atom is 0.142 e. The number of piperazine rings is 1. The first-order chi connectivity index (χ1) is 10.2. The Bertz CT molecular complexity index is 422. The van der Waals surface area contributed by atoms with Gasteiger partial charge in [0.25, 0.3) is 0 Å². The number of anilines is 1. The Balaban J connectivity index is 1.68. The second-order valence-electron chi connectivity index (χ2n) is 5.37. The average molecular weight is 295 g/mol. The van der Waals surface area contributed by atoms with E-state index in [0.717, 1.165) is 32.7 Å². The van der Waals surface area contributed by atoms with E-state index in [1.54, 1.807) is 12.1 Å². The van der Waals surface area contributed by atoms with Gasteiger partial charge in [0.05, 0.1) is 12.3 Å². The molecule has 0 saturated carbocycles. The van der Waals surface area contributed by atoms with Gasteiger partial charge in [-0.05, 0) is 12.1 Å². The lowest BCUT2D eigenvalue weighted by Crippen LogP contribution is -2.49. The van der Waals surface area contributed by atoms with Crippen molar-refractivity contribution in [1.82, 2.24) is 9.80 Å². The molecule has 21 heavy (non-hydrogen) atoms. The first-order valence-corrected chi connectivity index (χ1v) is 7.40. The molecule has 1 heterocycles. The standard InChI is InChI=1S/C15H25N3O3/c16-14-3-1-2-4-15(14)21-12-13(20)11-18-7-5-17(6-8-18)9-10-19/h1-4,13,19-20H,5-12,16H2. The molecule has 118 valence electrons. The van der Waals surface area contributed by atoms with Gasteiger partial charge < -0.3 is 20.7 Å². The quantitative estimate of drug-likeness (QED) is 0.595. The van der Waals surface area contributed by atoms with Crippen molar-refractivity contribution in [3.8, 4) is 5.75 Å². The van der Waals surface area contributed by atoms with Crippen LogP contribution in [-0.2, 0) is 0 Å². The zero-order valence-corrected chi connectivity index (χ0v) is 12.3. The molecular weight excluding hydrogens is 270 g/mol. The molecule has 0 bridgehead atoms. The van der Waals surface area contributed by atoms with Crippen molar-refractivity contribution in [2.24, 2.45) is 0 Å². The predicted molar refractivity (Wildman–Crippen MR) is 82.3 cm³/mol. The van der Waals surface area contributed by atoms with E-state index < -0.39 is 6.10 Å². The number of nitrogens with two attached hydrogens (primary N) is 1. The summed E-state index contributed by atoms with van der Waals surface area (Å²) < 4.78 is 5.55. The highest BCUT2D eigenvalue weighted by Gasteiger charge is 2.19. The number of nitrogen functional groups attached to an aromatic ring is 1. The van der Waals surface area contributed by atoms with Gasteiger partial charge in [0.1, 0.15) is 18.5 Å². The molecule has 1 fully saturated rings. The fourth-order valence-corrected chi connectivity index (χ4v) is 2.49. The van der Waals surface area contributed by atoms with Crippen LogP contribution in [0.5, 0.6) is 5.75 Å². The van der Waals surface area contributed by atoms with E-state index in [2.05, 4.69) is 9.80 Å². The first kappa shape index (κ1) is 16.0. The molecular formula is C15H25N3O3. The maximum absolute atomic E-state index is 10.1. The number of hydrogen-bond acceptors (Lipinski definition) is 6. The average Bonchev–Trinajstić information content (AvgIpc) is 2.49. The Kier molecular flexibility index (Phi) is 6.25. The van der Waals surface area contributed by atoms with Gasteiger partial charge in [-0.15, -0.1) is 0 Å². The molecule has 1 aromatic rings. The minimum atomic E-state index is -0.533. The smallest absolute Gasteiger partial charge is 0.142 e. The molecule has 6 nitrogen and oxygen atoms in total. The molecule has 2 rings (SSSR count). The summed E-state index contributed by atoms with van der Waals surface area (Å²) in [5.41, 5.74) is 6.38. The maximum atomic E-state index is 10.1. The summed E-state index contributed by atoms with van der Waals surface area (Å²) in [5.74, 6) is 0.615. The van der Waals surface area contributed by atoms with Gasteiger partial charge >= 0.3 is 0 Å². The molecule has 0 aliphatic carbocycles. The Labute approximate surface area is 125 Å². The van der Waals surface area contributed by atoms with Gasteiger partial charge in [0.2, 0.25) is 0 Å². The lowest BCUT2D eigenvalue weighted by molar-refractivity contribution is 0.0430. The summed E-state index contributed by atoms with van der Waals surface area (Å²) in [5, 5.41) is 19.0. The van der Waals surface area contributed by atoms with Crippen LogP contribution >= 0.6 is 0 Å². The second kappa shape index (κ2) is 8.19. The second-order valence-corrected chi connectivity index (χ2v) is 5.37. The lowest BCUT2D eigenvalue weighted by Gasteiger charge is -2.35. The van der Waals surface area contributed by atoms with E-state index in [9.17, 15) is 5.11 Å². The van der Waals surface area contributed by atoms with E-state index >= 15 is 0 Å². The number of para-hydroxylation sites is 2. The molecule has 1 atom stereocenters. The van der Waals surface area contributed by atoms with Gasteiger partial charge in [0, 0.05) is 39.3 Å². The summed E-state index contributed by atoms with van der Waals surface area (Å²) in [6.45, 7) is 5.45. The molecule has 1 aromatic carbocycles. The molecule has 0 spiro atoms. The van der Waals surface area contributed by atoms with Gasteiger partial charge in [-0.1, -0.05) is 12.1 Å². The van der Waals surface area contributed by atoms with E-state index in [1.807, 2.05) is 12.1 Å². The van der Waals surface area contributed by atoms with Crippen LogP contribution in [0, 0.1) is 0 Å². The minimum absolute atomic E-state index is 0.203. The number of ether oxygens (including phenoxy) is 1. The van der Waals surface area contributed by atoms with Crippen LogP contribution < -0.4 is 10.5 Å². The molecule has 0 radical (unpaired) electrons. The monoisotopic (exact) mass is 295 g/mol. The number of rotatable bonds is 7. The molecule has 1 aliphatic rings. The molecule has 4 N–H and O–H groups in total. The predicted octanol–water partition coefficient (Wildman–Crippen LogP) is -0.382. The lowest BCUT2D eigenvalue weighted by atomic mass is 10.2. The third kappa shape index (κ3) is 5.17. The van der Waals surface area contributed by atoms with Crippen LogP contribution in [0.25, 0.3) is 0 Å². The summed E-state index contributed by atoms with van der Waals surface area (Å²) in [4.78, 5) is 4.44. The number of β-amino-alcohol motifs (C(OH)–C–C–N with tert-alkyl or cyclic N) is 2. The van der Waals surface area contributed by atoms with Crippen molar-refractivity contribution in [2.75, 3.05) is 58.2 Å². The van der Waals surface area contributed by atoms with Crippen LogP contribution in [-0.4, -0.2) is 78.6 Å². The van der Waals surface area contributed by atoms with Crippen molar-refractivity contribution >= 4 is 5.69 Å². The Morgan fingerprint density at radius 3 is 2.48 bits per heavy atom. The number of benzene rings is 1. The third-order valence-corrected chi connectivity index (χ3v) is 3.70. The highest BCUT2D eigenvalue weighted by Crippen LogP contribution is 2.19. The number of aliphatic hydroxyl groups excluding tert-OH is 2. The summed E-state index contributed by atoms with van der Waals surface area (Å²) in [7, 11) is 0. The van der Waals surface area contributed by atoms with Crippen LogP contribution in [0.15, 0.2) is 24.3 Å². The van der Waals surface area contributed by atoms with Crippen LogP contribution in [0.3, 0.4) is 0 Å². The van der Waals surface area contributed by atoms with Crippen LogP contribution in [0.1, 0.15) is 0 Å². The molecule has 1 unspecified atom stereocenters. The topological polar surface area (TPSA) is 82.2 Å². The normalized spacial score (nSPS) is 18.6. The summed E-state index contributed by atoms with van der Waals surface area (Å²) in [6, 6.07) is 7.29. The summed E-state index contributed by atoms with van der Waals surface area (Å²) in [6.07, 6.45) is -0.533. The fourth-order valence-electron chi connectivity index (χ4n) is 2.49. The van der Waals surface area contributed by atoms with Crippen LogP contribution in [0.2, 0.25) is 0 Å². The zero-order valence-electron chi connectivity index (χ0n) is 12.3. The van der Waals surface area contributed by atoms with E-state index in [-0.39, 0.29) is 13.2 Å². The third-order valence-electron chi connectivity index (χ3n) is 3.70. The Morgan fingerprint density at radius 2 is 1.81 bits per heavy atom. The number of nitrogens with zero attached hydrogens (tertiary/aromatic N) is 2.